The van der Waals surface area contributed by atoms with Crippen molar-refractivity contribution < 1.29 is 14.2 Å². The first kappa shape index (κ1) is 14.1. The molecule has 1 aliphatic heterocycles. The van der Waals surface area contributed by atoms with Crippen molar-refractivity contribution in [3.63, 3.8) is 0 Å². The van der Waals surface area contributed by atoms with Crippen molar-refractivity contribution in [1.29, 1.82) is 0 Å². The molecule has 21 heavy (non-hydrogen) atoms. The molecule has 0 amide bonds. The number of hydrogen-bond donors (Lipinski definition) is 0. The highest BCUT2D eigenvalue weighted by atomic mass is 16.9. The fourth-order valence-electron chi connectivity index (χ4n) is 2.56. The van der Waals surface area contributed by atoms with Crippen LogP contribution in [0.4, 0.5) is 0 Å². The molecule has 2 aromatic carbocycles. The Bertz CT molecular complexity index is 600. The molecule has 1 fully saturated rings. The van der Waals surface area contributed by atoms with Crippen LogP contribution in [0.1, 0.15) is 25.3 Å². The third-order valence-corrected chi connectivity index (χ3v) is 3.90. The fourth-order valence-corrected chi connectivity index (χ4v) is 2.56. The maximum absolute atomic E-state index is 5.56. The van der Waals surface area contributed by atoms with Gasteiger partial charge in [-0.25, -0.2) is 0 Å². The average molecular weight is 284 g/mol. The van der Waals surface area contributed by atoms with Crippen LogP contribution in [-0.2, 0) is 9.47 Å². The van der Waals surface area contributed by atoms with Crippen molar-refractivity contribution in [3.8, 4) is 16.9 Å². The van der Waals surface area contributed by atoms with Gasteiger partial charge in [0, 0.05) is 5.92 Å². The van der Waals surface area contributed by atoms with Crippen LogP contribution in [0, 0.1) is 0 Å². The Morgan fingerprint density at radius 2 is 1.71 bits per heavy atom. The van der Waals surface area contributed by atoms with Gasteiger partial charge in [0.15, 0.2) is 12.6 Å². The van der Waals surface area contributed by atoms with Gasteiger partial charge < -0.3 is 14.2 Å². The number of methoxy groups -OCH3 is 1. The van der Waals surface area contributed by atoms with Crippen molar-refractivity contribution in [2.75, 3.05) is 7.11 Å². The zero-order chi connectivity index (χ0) is 14.8. The Morgan fingerprint density at radius 1 is 1.00 bits per heavy atom. The summed E-state index contributed by atoms with van der Waals surface area (Å²) in [5, 5.41) is 0. The third kappa shape index (κ3) is 2.94. The highest BCUT2D eigenvalue weighted by molar-refractivity contribution is 5.65. The predicted octanol–water partition coefficient (Wildman–Crippen LogP) is 4.18. The zero-order valence-corrected chi connectivity index (χ0v) is 12.6. The molecule has 0 spiro atoms. The molecule has 3 nitrogen and oxygen atoms in total. The summed E-state index contributed by atoms with van der Waals surface area (Å²) in [5.74, 6) is 1.11. The van der Waals surface area contributed by atoms with E-state index in [1.807, 2.05) is 25.1 Å². The normalized spacial score (nSPS) is 22.4. The molecule has 3 rings (SSSR count). The minimum absolute atomic E-state index is 0.0755. The van der Waals surface area contributed by atoms with Crippen LogP contribution in [0.3, 0.4) is 0 Å². The van der Waals surface area contributed by atoms with E-state index in [4.69, 9.17) is 14.2 Å². The van der Waals surface area contributed by atoms with Gasteiger partial charge in [0.25, 0.3) is 0 Å². The molecule has 0 aromatic heterocycles. The molecule has 1 atom stereocenters. The van der Waals surface area contributed by atoms with E-state index in [1.54, 1.807) is 7.11 Å². The van der Waals surface area contributed by atoms with Crippen molar-refractivity contribution >= 4 is 0 Å². The topological polar surface area (TPSA) is 27.7 Å². The molecule has 0 N–H and O–H groups in total. The van der Waals surface area contributed by atoms with Gasteiger partial charge in [-0.3, -0.25) is 0 Å². The second-order valence-corrected chi connectivity index (χ2v) is 5.35. The number of hydrogen-bond acceptors (Lipinski definition) is 3. The smallest absolute Gasteiger partial charge is 0.170 e. The minimum Gasteiger partial charge on any atom is -0.497 e. The van der Waals surface area contributed by atoms with Crippen LogP contribution in [0.2, 0.25) is 0 Å². The Morgan fingerprint density at radius 3 is 2.33 bits per heavy atom. The van der Waals surface area contributed by atoms with E-state index < -0.39 is 0 Å². The fraction of sp³-hybridized carbons (Fsp3) is 0.333. The van der Waals surface area contributed by atoms with Gasteiger partial charge in [-0.1, -0.05) is 43.3 Å². The molecule has 1 heterocycles. The van der Waals surface area contributed by atoms with Gasteiger partial charge in [0.2, 0.25) is 0 Å². The maximum atomic E-state index is 5.56. The number of rotatable bonds is 4. The van der Waals surface area contributed by atoms with E-state index in [0.717, 1.165) is 11.3 Å². The molecule has 0 bridgehead atoms. The molecule has 1 unspecified atom stereocenters. The van der Waals surface area contributed by atoms with Gasteiger partial charge in [-0.05, 0) is 35.7 Å². The first-order chi connectivity index (χ1) is 10.2. The van der Waals surface area contributed by atoms with E-state index in [9.17, 15) is 0 Å². The summed E-state index contributed by atoms with van der Waals surface area (Å²) in [4.78, 5) is 0. The van der Waals surface area contributed by atoms with Crippen molar-refractivity contribution in [2.24, 2.45) is 0 Å². The monoisotopic (exact) mass is 284 g/mol. The highest BCUT2D eigenvalue weighted by Gasteiger charge is 2.32. The Kier molecular flexibility index (Phi) is 3.95. The molecule has 110 valence electrons. The molecule has 1 saturated heterocycles. The maximum Gasteiger partial charge on any atom is 0.170 e. The quantitative estimate of drug-likeness (QED) is 0.842. The summed E-state index contributed by atoms with van der Waals surface area (Å²) in [6.45, 7) is 4.03. The lowest BCUT2D eigenvalue weighted by Crippen LogP contribution is -2.42. The second kappa shape index (κ2) is 5.88. The molecule has 2 aromatic rings. The molecular formula is C18H20O3. The van der Waals surface area contributed by atoms with Gasteiger partial charge in [-0.15, -0.1) is 0 Å². The first-order valence-electron chi connectivity index (χ1n) is 7.22. The summed E-state index contributed by atoms with van der Waals surface area (Å²) < 4.78 is 16.4. The molecule has 1 aliphatic rings. The molecule has 0 radical (unpaired) electrons. The lowest BCUT2D eigenvalue weighted by atomic mass is 9.96. The van der Waals surface area contributed by atoms with Crippen molar-refractivity contribution in [3.05, 3.63) is 54.1 Å². The summed E-state index contributed by atoms with van der Waals surface area (Å²) in [5.41, 5.74) is 3.55. The lowest BCUT2D eigenvalue weighted by molar-refractivity contribution is -0.381. The SMILES string of the molecule is COc1cccc(-c2ccc(C(C)C3OC(C)O3)cc2)c1. The first-order valence-corrected chi connectivity index (χ1v) is 7.22. The standard InChI is InChI=1S/C18H20O3/c1-12(18-20-13(2)21-18)14-7-9-15(10-8-14)16-5-4-6-17(11-16)19-3/h4-13,18H,1-3H3. The molecule has 0 aliphatic carbocycles. The van der Waals surface area contributed by atoms with Crippen molar-refractivity contribution in [2.45, 2.75) is 32.3 Å². The van der Waals surface area contributed by atoms with Gasteiger partial charge in [-0.2, -0.15) is 0 Å². The number of benzene rings is 2. The molecular weight excluding hydrogens is 264 g/mol. The molecule has 0 saturated carbocycles. The van der Waals surface area contributed by atoms with Crippen LogP contribution in [-0.4, -0.2) is 19.7 Å². The average Bonchev–Trinajstić information content (AvgIpc) is 2.51. The number of ether oxygens (including phenoxy) is 3. The van der Waals surface area contributed by atoms with E-state index in [-0.39, 0.29) is 18.5 Å². The van der Waals surface area contributed by atoms with E-state index >= 15 is 0 Å². The Hall–Kier alpha value is -1.84. The Balaban J connectivity index is 1.77. The van der Waals surface area contributed by atoms with E-state index in [2.05, 4.69) is 37.3 Å². The lowest BCUT2D eigenvalue weighted by Gasteiger charge is -2.37. The Labute approximate surface area is 125 Å². The van der Waals surface area contributed by atoms with E-state index in [1.165, 1.54) is 11.1 Å². The zero-order valence-electron chi connectivity index (χ0n) is 12.6. The summed E-state index contributed by atoms with van der Waals surface area (Å²) >= 11 is 0. The van der Waals surface area contributed by atoms with E-state index in [0.29, 0.717) is 0 Å². The largest absolute Gasteiger partial charge is 0.497 e. The van der Waals surface area contributed by atoms with Crippen LogP contribution in [0.25, 0.3) is 11.1 Å². The minimum atomic E-state index is -0.123. The second-order valence-electron chi connectivity index (χ2n) is 5.35. The summed E-state index contributed by atoms with van der Waals surface area (Å²) in [6.07, 6.45) is -0.198. The van der Waals surface area contributed by atoms with Crippen molar-refractivity contribution in [1.82, 2.24) is 0 Å². The summed E-state index contributed by atoms with van der Waals surface area (Å²) in [6, 6.07) is 16.6. The van der Waals surface area contributed by atoms with Crippen LogP contribution < -0.4 is 4.74 Å². The predicted molar refractivity (Wildman–Crippen MR) is 82.3 cm³/mol. The van der Waals surface area contributed by atoms with Crippen LogP contribution in [0.5, 0.6) is 5.75 Å². The van der Waals surface area contributed by atoms with Crippen LogP contribution >= 0.6 is 0 Å². The summed E-state index contributed by atoms with van der Waals surface area (Å²) in [7, 11) is 1.68. The van der Waals surface area contributed by atoms with Gasteiger partial charge in [0.1, 0.15) is 5.75 Å². The highest BCUT2D eigenvalue weighted by Crippen LogP contribution is 2.32. The van der Waals surface area contributed by atoms with Gasteiger partial charge >= 0.3 is 0 Å². The van der Waals surface area contributed by atoms with Gasteiger partial charge in [0.05, 0.1) is 7.11 Å². The third-order valence-electron chi connectivity index (χ3n) is 3.90. The van der Waals surface area contributed by atoms with Crippen LogP contribution in [0.15, 0.2) is 48.5 Å². The molecule has 3 heteroatoms.